The highest BCUT2D eigenvalue weighted by atomic mass is 35.5. The van der Waals surface area contributed by atoms with Gasteiger partial charge in [-0.05, 0) is 25.1 Å². The summed E-state index contributed by atoms with van der Waals surface area (Å²) < 4.78 is 28.3. The van der Waals surface area contributed by atoms with Gasteiger partial charge in [0.2, 0.25) is 0 Å². The zero-order chi connectivity index (χ0) is 13.3. The normalized spacial score (nSPS) is 11.5. The molecule has 96 valence electrons. The maximum Gasteiger partial charge on any atom is 0.263 e. The van der Waals surface area contributed by atoms with Crippen molar-refractivity contribution in [1.29, 1.82) is 0 Å². The van der Waals surface area contributed by atoms with Crippen LogP contribution in [0.2, 0.25) is 5.15 Å². The van der Waals surface area contributed by atoms with Gasteiger partial charge in [0.1, 0.15) is 10.0 Å². The molecule has 5 nitrogen and oxygen atoms in total. The summed E-state index contributed by atoms with van der Waals surface area (Å²) in [5, 5.41) is 0.329. The van der Waals surface area contributed by atoms with Crippen molar-refractivity contribution in [3.05, 3.63) is 41.4 Å². The summed E-state index contributed by atoms with van der Waals surface area (Å²) in [7, 11) is -1.82. The minimum atomic E-state index is -3.58. The van der Waals surface area contributed by atoms with Crippen LogP contribution in [0.4, 0.5) is 5.69 Å². The summed E-state index contributed by atoms with van der Waals surface area (Å²) in [5.41, 5.74) is 0.949. The van der Waals surface area contributed by atoms with Crippen molar-refractivity contribution >= 4 is 27.3 Å². The van der Waals surface area contributed by atoms with Gasteiger partial charge in [0.25, 0.3) is 10.0 Å². The van der Waals surface area contributed by atoms with Gasteiger partial charge in [-0.25, -0.2) is 13.4 Å². The number of anilines is 1. The molecule has 2 rings (SSSR count). The molecule has 0 saturated heterocycles. The van der Waals surface area contributed by atoms with Crippen molar-refractivity contribution in [1.82, 2.24) is 9.55 Å². The largest absolute Gasteiger partial charge is 0.356 e. The maximum atomic E-state index is 12.1. The van der Waals surface area contributed by atoms with Crippen molar-refractivity contribution in [2.24, 2.45) is 7.05 Å². The van der Waals surface area contributed by atoms with Gasteiger partial charge in [0.05, 0.1) is 11.4 Å². The number of sulfonamides is 1. The molecule has 0 amide bonds. The third-order valence-electron chi connectivity index (χ3n) is 2.41. The standard InChI is InChI=1S/C11H12ClN3O2S/c1-8-10(3-4-11(12)13-8)14-18(16,17)9-5-6-15(2)7-9/h3-7,14H,1-2H3. The Morgan fingerprint density at radius 1 is 1.33 bits per heavy atom. The lowest BCUT2D eigenvalue weighted by molar-refractivity contribution is 0.601. The van der Waals surface area contributed by atoms with E-state index >= 15 is 0 Å². The summed E-state index contributed by atoms with van der Waals surface area (Å²) >= 11 is 5.72. The topological polar surface area (TPSA) is 64.0 Å². The first-order valence-electron chi connectivity index (χ1n) is 5.16. The van der Waals surface area contributed by atoms with Gasteiger partial charge in [-0.1, -0.05) is 11.6 Å². The van der Waals surface area contributed by atoms with Crippen LogP contribution in [0.1, 0.15) is 5.69 Å². The molecule has 0 spiro atoms. The summed E-state index contributed by atoms with van der Waals surface area (Å²) in [5.74, 6) is 0. The van der Waals surface area contributed by atoms with Crippen LogP contribution >= 0.6 is 11.6 Å². The van der Waals surface area contributed by atoms with E-state index in [1.165, 1.54) is 18.3 Å². The van der Waals surface area contributed by atoms with E-state index in [9.17, 15) is 8.42 Å². The Morgan fingerprint density at radius 3 is 2.61 bits per heavy atom. The van der Waals surface area contributed by atoms with Gasteiger partial charge in [-0.2, -0.15) is 0 Å². The Labute approximate surface area is 110 Å². The molecule has 0 fully saturated rings. The molecule has 0 aliphatic rings. The molecule has 0 bridgehead atoms. The maximum absolute atomic E-state index is 12.1. The zero-order valence-corrected chi connectivity index (χ0v) is 11.5. The Bertz CT molecular complexity index is 679. The van der Waals surface area contributed by atoms with E-state index in [-0.39, 0.29) is 4.90 Å². The second-order valence-electron chi connectivity index (χ2n) is 3.89. The van der Waals surface area contributed by atoms with Gasteiger partial charge < -0.3 is 4.57 Å². The Morgan fingerprint density at radius 2 is 2.06 bits per heavy atom. The molecule has 18 heavy (non-hydrogen) atoms. The first-order chi connectivity index (χ1) is 8.38. The van der Waals surface area contributed by atoms with Crippen LogP contribution in [0.15, 0.2) is 35.5 Å². The molecule has 0 aliphatic carbocycles. The number of aromatic nitrogens is 2. The number of nitrogens with zero attached hydrogens (tertiary/aromatic N) is 2. The molecule has 2 aromatic rings. The monoisotopic (exact) mass is 285 g/mol. The minimum Gasteiger partial charge on any atom is -0.356 e. The van der Waals surface area contributed by atoms with Gasteiger partial charge >= 0.3 is 0 Å². The first-order valence-corrected chi connectivity index (χ1v) is 7.02. The smallest absolute Gasteiger partial charge is 0.263 e. The molecule has 0 atom stereocenters. The average Bonchev–Trinajstić information content (AvgIpc) is 2.70. The molecule has 7 heteroatoms. The van der Waals surface area contributed by atoms with Crippen LogP contribution in [0.25, 0.3) is 0 Å². The molecule has 2 aromatic heterocycles. The average molecular weight is 286 g/mol. The lowest BCUT2D eigenvalue weighted by atomic mass is 10.3. The van der Waals surface area contributed by atoms with Gasteiger partial charge in [0, 0.05) is 19.4 Å². The predicted octanol–water partition coefficient (Wildman–Crippen LogP) is 2.18. The van der Waals surface area contributed by atoms with E-state index in [1.807, 2.05) is 0 Å². The molecule has 0 radical (unpaired) electrons. The molecule has 1 N–H and O–H groups in total. The second kappa shape index (κ2) is 4.62. The van der Waals surface area contributed by atoms with Crippen molar-refractivity contribution in [3.63, 3.8) is 0 Å². The molecule has 0 saturated carbocycles. The van der Waals surface area contributed by atoms with E-state index in [2.05, 4.69) is 9.71 Å². The fourth-order valence-electron chi connectivity index (χ4n) is 1.48. The van der Waals surface area contributed by atoms with E-state index in [0.717, 1.165) is 0 Å². The van der Waals surface area contributed by atoms with Crippen LogP contribution in [0.5, 0.6) is 0 Å². The van der Waals surface area contributed by atoms with Crippen molar-refractivity contribution < 1.29 is 8.42 Å². The van der Waals surface area contributed by atoms with Crippen LogP contribution < -0.4 is 4.72 Å². The Hall–Kier alpha value is -1.53. The predicted molar refractivity (Wildman–Crippen MR) is 70.2 cm³/mol. The Balaban J connectivity index is 2.33. The van der Waals surface area contributed by atoms with Crippen molar-refractivity contribution in [2.75, 3.05) is 4.72 Å². The van der Waals surface area contributed by atoms with Crippen LogP contribution in [0, 0.1) is 6.92 Å². The lowest BCUT2D eigenvalue weighted by Gasteiger charge is -2.08. The van der Waals surface area contributed by atoms with E-state index in [1.54, 1.807) is 30.8 Å². The Kier molecular flexibility index (Phi) is 3.32. The minimum absolute atomic E-state index is 0.208. The number of pyridine rings is 1. The second-order valence-corrected chi connectivity index (χ2v) is 5.95. The van der Waals surface area contributed by atoms with Crippen LogP contribution in [0.3, 0.4) is 0 Å². The number of halogens is 1. The quantitative estimate of drug-likeness (QED) is 0.879. The van der Waals surface area contributed by atoms with E-state index in [0.29, 0.717) is 16.5 Å². The highest BCUT2D eigenvalue weighted by molar-refractivity contribution is 7.92. The SMILES string of the molecule is Cc1nc(Cl)ccc1NS(=O)(=O)c1ccn(C)c1. The molecular formula is C11H12ClN3O2S. The summed E-state index contributed by atoms with van der Waals surface area (Å²) in [6, 6.07) is 4.66. The third kappa shape index (κ3) is 2.65. The first kappa shape index (κ1) is 12.9. The van der Waals surface area contributed by atoms with Crippen LogP contribution in [-0.4, -0.2) is 18.0 Å². The molecular weight excluding hydrogens is 274 g/mol. The van der Waals surface area contributed by atoms with E-state index < -0.39 is 10.0 Å². The lowest BCUT2D eigenvalue weighted by Crippen LogP contribution is -2.13. The molecule has 2 heterocycles. The number of rotatable bonds is 3. The molecule has 0 unspecified atom stereocenters. The van der Waals surface area contributed by atoms with Gasteiger partial charge in [-0.3, -0.25) is 4.72 Å². The number of nitrogens with one attached hydrogen (secondary N) is 1. The summed E-state index contributed by atoms with van der Waals surface area (Å²) in [6.07, 6.45) is 3.20. The van der Waals surface area contributed by atoms with Gasteiger partial charge in [0.15, 0.2) is 0 Å². The zero-order valence-electron chi connectivity index (χ0n) is 9.88. The fraction of sp³-hybridized carbons (Fsp3) is 0.182. The van der Waals surface area contributed by atoms with Crippen molar-refractivity contribution in [3.8, 4) is 0 Å². The highest BCUT2D eigenvalue weighted by Gasteiger charge is 2.16. The van der Waals surface area contributed by atoms with E-state index in [4.69, 9.17) is 11.6 Å². The number of hydrogen-bond donors (Lipinski definition) is 1. The highest BCUT2D eigenvalue weighted by Crippen LogP contribution is 2.20. The summed E-state index contributed by atoms with van der Waals surface area (Å²) in [6.45, 7) is 1.69. The van der Waals surface area contributed by atoms with Crippen LogP contribution in [-0.2, 0) is 17.1 Å². The molecule has 0 aliphatic heterocycles. The number of aryl methyl sites for hydroxylation is 2. The summed E-state index contributed by atoms with van der Waals surface area (Å²) in [4.78, 5) is 4.20. The number of hydrogen-bond acceptors (Lipinski definition) is 3. The van der Waals surface area contributed by atoms with Gasteiger partial charge in [-0.15, -0.1) is 0 Å². The van der Waals surface area contributed by atoms with Crippen molar-refractivity contribution in [2.45, 2.75) is 11.8 Å². The fourth-order valence-corrected chi connectivity index (χ4v) is 2.84. The third-order valence-corrected chi connectivity index (χ3v) is 3.97. The molecule has 0 aromatic carbocycles.